The Morgan fingerprint density at radius 3 is 2.42 bits per heavy atom. The van der Waals surface area contributed by atoms with Crippen LogP contribution < -0.4 is 0 Å². The first-order chi connectivity index (χ1) is 11.6. The quantitative estimate of drug-likeness (QED) is 0.813. The smallest absolute Gasteiger partial charge is 0.207 e. The van der Waals surface area contributed by atoms with Crippen LogP contribution in [0.5, 0.6) is 0 Å². The number of benzene rings is 2. The zero-order chi connectivity index (χ0) is 17.0. The van der Waals surface area contributed by atoms with Crippen LogP contribution >= 0.6 is 11.8 Å². The Balaban J connectivity index is 1.78. The second-order valence-electron chi connectivity index (χ2n) is 6.22. The molecule has 1 aliphatic rings. The molecule has 0 N–H and O–H groups in total. The summed E-state index contributed by atoms with van der Waals surface area (Å²) >= 11 is 1.79. The topological polar surface area (TPSA) is 37.4 Å². The molecule has 1 aliphatic heterocycles. The first-order valence-electron chi connectivity index (χ1n) is 8.34. The molecular weight excluding hydrogens is 338 g/mol. The van der Waals surface area contributed by atoms with Crippen molar-refractivity contribution in [1.82, 2.24) is 4.31 Å². The van der Waals surface area contributed by atoms with Crippen molar-refractivity contribution in [2.45, 2.75) is 41.2 Å². The molecule has 128 valence electrons. The fraction of sp³-hybridized carbons (Fsp3) is 0.368. The van der Waals surface area contributed by atoms with E-state index in [1.165, 1.54) is 4.90 Å². The predicted octanol–water partition coefficient (Wildman–Crippen LogP) is 4.33. The van der Waals surface area contributed by atoms with Gasteiger partial charge in [-0.15, -0.1) is 11.8 Å². The lowest BCUT2D eigenvalue weighted by molar-refractivity contribution is 0.426. The number of aryl methyl sites for hydroxylation is 1. The van der Waals surface area contributed by atoms with Gasteiger partial charge in [0.15, 0.2) is 0 Å². The first-order valence-corrected chi connectivity index (χ1v) is 10.7. The number of nitrogens with zero attached hydrogens (tertiary/aromatic N) is 1. The van der Waals surface area contributed by atoms with Gasteiger partial charge < -0.3 is 0 Å². The summed E-state index contributed by atoms with van der Waals surface area (Å²) in [5, 5.41) is 0.301. The van der Waals surface area contributed by atoms with E-state index >= 15 is 0 Å². The van der Waals surface area contributed by atoms with Gasteiger partial charge in [0.2, 0.25) is 10.0 Å². The summed E-state index contributed by atoms with van der Waals surface area (Å²) in [5.74, 6) is 0. The Bertz CT molecular complexity index is 758. The molecule has 0 saturated carbocycles. The Morgan fingerprint density at radius 2 is 1.71 bits per heavy atom. The molecule has 0 amide bonds. The van der Waals surface area contributed by atoms with E-state index in [2.05, 4.69) is 12.1 Å². The fourth-order valence-corrected chi connectivity index (χ4v) is 5.79. The largest absolute Gasteiger partial charge is 0.243 e. The standard InChI is InChI=1S/C19H23NO2S2/c1-16-10-12-19(13-11-16)24(21,22)20-14-6-5-9-18(15-20)23-17-7-3-2-4-8-17/h2-4,7-8,10-13,18H,5-6,9,14-15H2,1H3. The van der Waals surface area contributed by atoms with E-state index in [0.29, 0.717) is 23.2 Å². The van der Waals surface area contributed by atoms with E-state index in [0.717, 1.165) is 24.8 Å². The van der Waals surface area contributed by atoms with E-state index in [-0.39, 0.29) is 0 Å². The summed E-state index contributed by atoms with van der Waals surface area (Å²) in [7, 11) is -3.41. The molecule has 0 radical (unpaired) electrons. The molecule has 1 atom stereocenters. The van der Waals surface area contributed by atoms with Crippen molar-refractivity contribution in [3.63, 3.8) is 0 Å². The van der Waals surface area contributed by atoms with Gasteiger partial charge in [0, 0.05) is 23.2 Å². The van der Waals surface area contributed by atoms with Crippen molar-refractivity contribution in [2.24, 2.45) is 0 Å². The van der Waals surface area contributed by atoms with Gasteiger partial charge in [0.25, 0.3) is 0 Å². The summed E-state index contributed by atoms with van der Waals surface area (Å²) in [5.41, 5.74) is 1.07. The zero-order valence-electron chi connectivity index (χ0n) is 13.9. The maximum Gasteiger partial charge on any atom is 0.243 e. The molecule has 1 fully saturated rings. The van der Waals surface area contributed by atoms with Gasteiger partial charge in [-0.05, 0) is 44.0 Å². The molecular formula is C19H23NO2S2. The average molecular weight is 362 g/mol. The lowest BCUT2D eigenvalue weighted by Crippen LogP contribution is -2.35. The minimum Gasteiger partial charge on any atom is -0.207 e. The molecule has 5 heteroatoms. The zero-order valence-corrected chi connectivity index (χ0v) is 15.5. The van der Waals surface area contributed by atoms with E-state index in [1.54, 1.807) is 28.2 Å². The van der Waals surface area contributed by atoms with E-state index in [4.69, 9.17) is 0 Å². The first kappa shape index (κ1) is 17.5. The van der Waals surface area contributed by atoms with Gasteiger partial charge in [-0.25, -0.2) is 8.42 Å². The Kier molecular flexibility index (Phi) is 5.64. The van der Waals surface area contributed by atoms with Gasteiger partial charge >= 0.3 is 0 Å². The van der Waals surface area contributed by atoms with Crippen molar-refractivity contribution in [2.75, 3.05) is 13.1 Å². The van der Waals surface area contributed by atoms with Gasteiger partial charge in [0.05, 0.1) is 4.90 Å². The van der Waals surface area contributed by atoms with Crippen LogP contribution in [-0.4, -0.2) is 31.1 Å². The molecule has 1 unspecified atom stereocenters. The summed E-state index contributed by atoms with van der Waals surface area (Å²) in [6, 6.07) is 17.4. The molecule has 2 aromatic rings. The SMILES string of the molecule is Cc1ccc(S(=O)(=O)N2CCCCC(Sc3ccccc3)C2)cc1. The summed E-state index contributed by atoms with van der Waals surface area (Å²) < 4.78 is 27.6. The molecule has 24 heavy (non-hydrogen) atoms. The van der Waals surface area contributed by atoms with E-state index < -0.39 is 10.0 Å². The highest BCUT2D eigenvalue weighted by molar-refractivity contribution is 8.00. The highest BCUT2D eigenvalue weighted by Gasteiger charge is 2.29. The lowest BCUT2D eigenvalue weighted by Gasteiger charge is -2.24. The molecule has 0 aliphatic carbocycles. The minimum absolute atomic E-state index is 0.301. The van der Waals surface area contributed by atoms with Gasteiger partial charge in [-0.1, -0.05) is 42.3 Å². The van der Waals surface area contributed by atoms with Crippen LogP contribution in [-0.2, 0) is 10.0 Å². The monoisotopic (exact) mass is 361 g/mol. The average Bonchev–Trinajstić information content (AvgIpc) is 2.82. The van der Waals surface area contributed by atoms with Crippen molar-refractivity contribution >= 4 is 21.8 Å². The van der Waals surface area contributed by atoms with Gasteiger partial charge in [-0.2, -0.15) is 4.31 Å². The summed E-state index contributed by atoms with van der Waals surface area (Å²) in [6.45, 7) is 3.16. The third-order valence-corrected chi connectivity index (χ3v) is 7.44. The van der Waals surface area contributed by atoms with Crippen LogP contribution in [0.4, 0.5) is 0 Å². The highest BCUT2D eigenvalue weighted by Crippen LogP contribution is 2.31. The fourth-order valence-electron chi connectivity index (χ4n) is 2.94. The number of sulfonamides is 1. The van der Waals surface area contributed by atoms with Crippen molar-refractivity contribution in [3.8, 4) is 0 Å². The Hall–Kier alpha value is -1.30. The second-order valence-corrected chi connectivity index (χ2v) is 9.54. The lowest BCUT2D eigenvalue weighted by atomic mass is 10.2. The maximum atomic E-state index is 13.0. The predicted molar refractivity (Wildman–Crippen MR) is 99.9 cm³/mol. The second kappa shape index (κ2) is 7.72. The van der Waals surface area contributed by atoms with Crippen LogP contribution in [0.2, 0.25) is 0 Å². The Labute approximate surface area is 149 Å². The highest BCUT2D eigenvalue weighted by atomic mass is 32.2. The number of hydrogen-bond donors (Lipinski definition) is 0. The molecule has 2 aromatic carbocycles. The molecule has 3 nitrogen and oxygen atoms in total. The number of rotatable bonds is 4. The minimum atomic E-state index is -3.41. The van der Waals surface area contributed by atoms with Crippen LogP contribution in [0.25, 0.3) is 0 Å². The summed E-state index contributed by atoms with van der Waals surface area (Å²) in [6.07, 6.45) is 3.06. The van der Waals surface area contributed by atoms with Crippen LogP contribution in [0.3, 0.4) is 0 Å². The third kappa shape index (κ3) is 4.21. The molecule has 1 saturated heterocycles. The van der Waals surface area contributed by atoms with Gasteiger partial charge in [0.1, 0.15) is 0 Å². The van der Waals surface area contributed by atoms with E-state index in [9.17, 15) is 8.42 Å². The molecule has 0 aromatic heterocycles. The van der Waals surface area contributed by atoms with Crippen LogP contribution in [0.15, 0.2) is 64.4 Å². The normalized spacial score (nSPS) is 19.8. The molecule has 0 bridgehead atoms. The van der Waals surface area contributed by atoms with Crippen LogP contribution in [0, 0.1) is 6.92 Å². The number of hydrogen-bond acceptors (Lipinski definition) is 3. The van der Waals surface area contributed by atoms with Crippen LogP contribution in [0.1, 0.15) is 24.8 Å². The van der Waals surface area contributed by atoms with Gasteiger partial charge in [-0.3, -0.25) is 0 Å². The molecule has 1 heterocycles. The number of thioether (sulfide) groups is 1. The van der Waals surface area contributed by atoms with Crippen molar-refractivity contribution in [3.05, 3.63) is 60.2 Å². The summed E-state index contributed by atoms with van der Waals surface area (Å²) in [4.78, 5) is 1.61. The Morgan fingerprint density at radius 1 is 1.00 bits per heavy atom. The van der Waals surface area contributed by atoms with Crippen molar-refractivity contribution in [1.29, 1.82) is 0 Å². The van der Waals surface area contributed by atoms with E-state index in [1.807, 2.05) is 37.3 Å². The maximum absolute atomic E-state index is 13.0. The molecule has 0 spiro atoms. The third-order valence-electron chi connectivity index (χ3n) is 4.30. The molecule has 3 rings (SSSR count). The van der Waals surface area contributed by atoms with Crippen molar-refractivity contribution < 1.29 is 8.42 Å².